The molecule has 2 unspecified atom stereocenters. The van der Waals surface area contributed by atoms with E-state index in [-0.39, 0.29) is 31.3 Å². The highest BCUT2D eigenvalue weighted by molar-refractivity contribution is 5.93. The molecule has 180 valence electrons. The van der Waals surface area contributed by atoms with Crippen LogP contribution in [-0.4, -0.2) is 38.4 Å². The molecular weight excluding hydrogens is 453 g/mol. The summed E-state index contributed by atoms with van der Waals surface area (Å²) in [7, 11) is 1.80. The molecule has 5 rings (SSSR count). The van der Waals surface area contributed by atoms with Crippen LogP contribution in [0.3, 0.4) is 0 Å². The minimum atomic E-state index is -4.55. The number of aryl methyl sites for hydroxylation is 2. The fourth-order valence-corrected chi connectivity index (χ4v) is 4.37. The van der Waals surface area contributed by atoms with Crippen LogP contribution in [0.4, 0.5) is 19.0 Å². The van der Waals surface area contributed by atoms with Crippen LogP contribution < -0.4 is 20.1 Å². The fraction of sp³-hybridized carbons (Fsp3) is 0.409. The third-order valence-electron chi connectivity index (χ3n) is 6.31. The van der Waals surface area contributed by atoms with Gasteiger partial charge in [0.05, 0.1) is 11.7 Å². The van der Waals surface area contributed by atoms with E-state index >= 15 is 0 Å². The lowest BCUT2D eigenvalue weighted by Gasteiger charge is -2.33. The van der Waals surface area contributed by atoms with Crippen molar-refractivity contribution in [2.75, 3.05) is 12.1 Å². The molecular formula is C22H23F3N6O3. The summed E-state index contributed by atoms with van der Waals surface area (Å²) in [5.41, 5.74) is 3.05. The van der Waals surface area contributed by atoms with Crippen LogP contribution in [0.1, 0.15) is 51.5 Å². The Morgan fingerprint density at radius 2 is 1.97 bits per heavy atom. The number of carbonyl (C=O) groups is 1. The zero-order chi connectivity index (χ0) is 24.2. The van der Waals surface area contributed by atoms with Crippen LogP contribution in [-0.2, 0) is 13.6 Å². The zero-order valence-corrected chi connectivity index (χ0v) is 18.7. The van der Waals surface area contributed by atoms with Crippen molar-refractivity contribution < 1.29 is 27.4 Å². The van der Waals surface area contributed by atoms with E-state index in [1.54, 1.807) is 29.9 Å². The standard InChI is InChI=1S/C22H23F3N6O3/c1-11-14(12(2)30(3)28-11)9-26-21(32)16-8-20-27-15(7-19(22(23,24)25)31(20)29-16)13-4-5-17-18(6-13)34-10-33-17/h4-6,8,15,19,27H,7,9-10H2,1-3H3,(H,26,32). The zero-order valence-electron chi connectivity index (χ0n) is 18.7. The molecule has 4 heterocycles. The summed E-state index contributed by atoms with van der Waals surface area (Å²) < 4.78 is 55.1. The van der Waals surface area contributed by atoms with E-state index < -0.39 is 24.2 Å². The van der Waals surface area contributed by atoms with Crippen LogP contribution in [0.15, 0.2) is 24.3 Å². The van der Waals surface area contributed by atoms with Crippen LogP contribution in [0.2, 0.25) is 0 Å². The van der Waals surface area contributed by atoms with Crippen LogP contribution in [0, 0.1) is 13.8 Å². The van der Waals surface area contributed by atoms with Crippen LogP contribution >= 0.6 is 0 Å². The number of hydrogen-bond acceptors (Lipinski definition) is 6. The summed E-state index contributed by atoms with van der Waals surface area (Å²) in [6.45, 7) is 3.98. The van der Waals surface area contributed by atoms with E-state index in [0.29, 0.717) is 17.1 Å². The number of amides is 1. The maximum absolute atomic E-state index is 14.0. The molecule has 0 saturated carbocycles. The second kappa shape index (κ2) is 7.96. The SMILES string of the molecule is Cc1nn(C)c(C)c1CNC(=O)c1cc2n(n1)C(C(F)(F)F)CC(c1ccc3c(c1)OCO3)N2. The van der Waals surface area contributed by atoms with Gasteiger partial charge in [-0.15, -0.1) is 0 Å². The maximum atomic E-state index is 14.0. The molecule has 9 nitrogen and oxygen atoms in total. The van der Waals surface area contributed by atoms with Gasteiger partial charge in [-0.1, -0.05) is 6.07 Å². The molecule has 2 atom stereocenters. The summed E-state index contributed by atoms with van der Waals surface area (Å²) in [6.07, 6.45) is -4.83. The molecule has 0 spiro atoms. The van der Waals surface area contributed by atoms with Crippen LogP contribution in [0.5, 0.6) is 11.5 Å². The van der Waals surface area contributed by atoms with E-state index in [2.05, 4.69) is 20.8 Å². The first-order chi connectivity index (χ1) is 16.1. The Morgan fingerprint density at radius 1 is 1.21 bits per heavy atom. The van der Waals surface area contributed by atoms with E-state index in [0.717, 1.165) is 21.6 Å². The number of nitrogens with one attached hydrogen (secondary N) is 2. The first-order valence-corrected chi connectivity index (χ1v) is 10.7. The summed E-state index contributed by atoms with van der Waals surface area (Å²) in [5.74, 6) is 0.597. The van der Waals surface area contributed by atoms with Gasteiger partial charge in [-0.05, 0) is 31.5 Å². The van der Waals surface area contributed by atoms with E-state index in [1.165, 1.54) is 6.07 Å². The molecule has 3 aromatic rings. The van der Waals surface area contributed by atoms with Crippen molar-refractivity contribution in [2.45, 2.75) is 45.1 Å². The minimum Gasteiger partial charge on any atom is -0.454 e. The molecule has 0 saturated heterocycles. The number of ether oxygens (including phenoxy) is 2. The summed E-state index contributed by atoms with van der Waals surface area (Å²) in [5, 5.41) is 14.1. The first kappa shape index (κ1) is 22.1. The number of aromatic nitrogens is 4. The maximum Gasteiger partial charge on any atom is 0.410 e. The number of anilines is 1. The smallest absolute Gasteiger partial charge is 0.410 e. The number of halogens is 3. The molecule has 0 bridgehead atoms. The lowest BCUT2D eigenvalue weighted by atomic mass is 9.96. The van der Waals surface area contributed by atoms with Crippen molar-refractivity contribution in [1.29, 1.82) is 0 Å². The molecule has 12 heteroatoms. The highest BCUT2D eigenvalue weighted by Crippen LogP contribution is 2.45. The predicted octanol–water partition coefficient (Wildman–Crippen LogP) is 3.55. The Morgan fingerprint density at radius 3 is 2.68 bits per heavy atom. The van der Waals surface area contributed by atoms with Crippen molar-refractivity contribution in [1.82, 2.24) is 24.9 Å². The van der Waals surface area contributed by atoms with Crippen molar-refractivity contribution >= 4 is 11.7 Å². The van der Waals surface area contributed by atoms with Gasteiger partial charge in [-0.3, -0.25) is 9.48 Å². The summed E-state index contributed by atoms with van der Waals surface area (Å²) in [6, 6.07) is 3.86. The van der Waals surface area contributed by atoms with E-state index in [9.17, 15) is 18.0 Å². The first-order valence-electron chi connectivity index (χ1n) is 10.7. The average Bonchev–Trinajstić information content (AvgIpc) is 3.48. The average molecular weight is 476 g/mol. The van der Waals surface area contributed by atoms with Crippen molar-refractivity contribution in [3.63, 3.8) is 0 Å². The van der Waals surface area contributed by atoms with Gasteiger partial charge in [0, 0.05) is 37.3 Å². The third-order valence-corrected chi connectivity index (χ3v) is 6.31. The number of hydrogen-bond donors (Lipinski definition) is 2. The molecule has 0 radical (unpaired) electrons. The number of fused-ring (bicyclic) bond motifs is 2. The number of rotatable bonds is 4. The normalized spacial score (nSPS) is 19.0. The number of carbonyl (C=O) groups excluding carboxylic acids is 1. The van der Waals surface area contributed by atoms with Gasteiger partial charge in [-0.25, -0.2) is 4.68 Å². The van der Waals surface area contributed by atoms with Gasteiger partial charge in [-0.2, -0.15) is 23.4 Å². The Hall–Kier alpha value is -3.70. The Bertz CT molecular complexity index is 1270. The number of nitrogens with zero attached hydrogens (tertiary/aromatic N) is 4. The molecule has 2 aromatic heterocycles. The third kappa shape index (κ3) is 3.82. The van der Waals surface area contributed by atoms with Crippen molar-refractivity contribution in [3.05, 3.63) is 52.5 Å². The Balaban J connectivity index is 1.40. The Labute approximate surface area is 192 Å². The predicted molar refractivity (Wildman–Crippen MR) is 115 cm³/mol. The van der Waals surface area contributed by atoms with E-state index in [4.69, 9.17) is 9.47 Å². The molecule has 34 heavy (non-hydrogen) atoms. The fourth-order valence-electron chi connectivity index (χ4n) is 4.37. The van der Waals surface area contributed by atoms with Gasteiger partial charge in [0.2, 0.25) is 6.79 Å². The Kier molecular flexibility index (Phi) is 5.18. The lowest BCUT2D eigenvalue weighted by molar-refractivity contribution is -0.173. The highest BCUT2D eigenvalue weighted by atomic mass is 19.4. The number of benzene rings is 1. The van der Waals surface area contributed by atoms with Gasteiger partial charge in [0.15, 0.2) is 23.2 Å². The van der Waals surface area contributed by atoms with Crippen molar-refractivity contribution in [3.8, 4) is 11.5 Å². The highest BCUT2D eigenvalue weighted by Gasteiger charge is 2.47. The lowest BCUT2D eigenvalue weighted by Crippen LogP contribution is -2.35. The van der Waals surface area contributed by atoms with Gasteiger partial charge >= 0.3 is 6.18 Å². The van der Waals surface area contributed by atoms with Gasteiger partial charge < -0.3 is 20.1 Å². The van der Waals surface area contributed by atoms with Crippen LogP contribution in [0.25, 0.3) is 0 Å². The van der Waals surface area contributed by atoms with E-state index in [1.807, 2.05) is 13.8 Å². The molecule has 0 aliphatic carbocycles. The summed E-state index contributed by atoms with van der Waals surface area (Å²) in [4.78, 5) is 12.7. The number of alkyl halides is 3. The largest absolute Gasteiger partial charge is 0.454 e. The monoisotopic (exact) mass is 476 g/mol. The molecule has 2 N–H and O–H groups in total. The molecule has 0 fully saturated rings. The van der Waals surface area contributed by atoms with Gasteiger partial charge in [0.1, 0.15) is 5.82 Å². The topological polar surface area (TPSA) is 95.2 Å². The second-order valence-electron chi connectivity index (χ2n) is 8.42. The summed E-state index contributed by atoms with van der Waals surface area (Å²) >= 11 is 0. The molecule has 1 amide bonds. The minimum absolute atomic E-state index is 0.0748. The van der Waals surface area contributed by atoms with Gasteiger partial charge in [0.25, 0.3) is 5.91 Å². The second-order valence-corrected chi connectivity index (χ2v) is 8.42. The quantitative estimate of drug-likeness (QED) is 0.598. The molecule has 2 aliphatic rings. The molecule has 1 aromatic carbocycles. The molecule has 2 aliphatic heterocycles. The van der Waals surface area contributed by atoms with Crippen molar-refractivity contribution in [2.24, 2.45) is 7.05 Å².